The number of carbonyl (C=O) groups excluding carboxylic acids is 1. The summed E-state index contributed by atoms with van der Waals surface area (Å²) >= 11 is 0. The molecule has 0 aliphatic rings. The van der Waals surface area contributed by atoms with E-state index in [9.17, 15) is 13.6 Å². The molecular weight excluding hydrogens is 340 g/mol. The Hall–Kier alpha value is -3.29. The molecule has 3 aromatic rings. The highest BCUT2D eigenvalue weighted by Crippen LogP contribution is 2.18. The third kappa shape index (κ3) is 4.02. The molecule has 2 heterocycles. The second-order valence-electron chi connectivity index (χ2n) is 5.84. The summed E-state index contributed by atoms with van der Waals surface area (Å²) in [6.07, 6.45) is 7.96. The molecule has 0 saturated carbocycles. The lowest BCUT2D eigenvalue weighted by Crippen LogP contribution is -2.15. The average molecular weight is 357 g/mol. The van der Waals surface area contributed by atoms with Crippen molar-refractivity contribution < 1.29 is 13.6 Å². The highest BCUT2D eigenvalue weighted by molar-refractivity contribution is 6.01. The molecule has 0 aliphatic carbocycles. The van der Waals surface area contributed by atoms with Crippen LogP contribution in [0.3, 0.4) is 0 Å². The normalized spacial score (nSPS) is 11.2. The van der Waals surface area contributed by atoms with Crippen molar-refractivity contribution in [3.8, 4) is 0 Å². The molecule has 6 nitrogen and oxygen atoms in total. The van der Waals surface area contributed by atoms with Crippen molar-refractivity contribution in [3.63, 3.8) is 0 Å². The van der Waals surface area contributed by atoms with E-state index in [0.717, 1.165) is 23.8 Å². The van der Waals surface area contributed by atoms with Gasteiger partial charge < -0.3 is 5.32 Å². The van der Waals surface area contributed by atoms with Crippen molar-refractivity contribution in [1.82, 2.24) is 19.6 Å². The molecule has 0 aliphatic heterocycles. The summed E-state index contributed by atoms with van der Waals surface area (Å²) in [5, 5.41) is 10.9. The first-order chi connectivity index (χ1) is 12.4. The van der Waals surface area contributed by atoms with Gasteiger partial charge in [0.15, 0.2) is 0 Å². The number of benzene rings is 1. The summed E-state index contributed by atoms with van der Waals surface area (Å²) in [5.41, 5.74) is 1.65. The van der Waals surface area contributed by atoms with Crippen molar-refractivity contribution >= 4 is 17.8 Å². The highest BCUT2D eigenvalue weighted by atomic mass is 19.1. The van der Waals surface area contributed by atoms with E-state index >= 15 is 0 Å². The zero-order valence-electron chi connectivity index (χ0n) is 14.3. The van der Waals surface area contributed by atoms with E-state index in [1.54, 1.807) is 43.3 Å². The Kier molecular flexibility index (Phi) is 4.92. The van der Waals surface area contributed by atoms with Gasteiger partial charge in [0, 0.05) is 36.0 Å². The Morgan fingerprint density at radius 1 is 1.27 bits per heavy atom. The molecule has 3 rings (SSSR count). The predicted octanol–water partition coefficient (Wildman–Crippen LogP) is 2.90. The van der Waals surface area contributed by atoms with Crippen LogP contribution in [-0.2, 0) is 18.4 Å². The minimum absolute atomic E-state index is 0.000629. The van der Waals surface area contributed by atoms with Crippen molar-refractivity contribution in [2.24, 2.45) is 7.05 Å². The zero-order valence-corrected chi connectivity index (χ0v) is 14.3. The molecule has 0 spiro atoms. The van der Waals surface area contributed by atoms with Gasteiger partial charge in [0.1, 0.15) is 17.5 Å². The van der Waals surface area contributed by atoms with Gasteiger partial charge in [0.25, 0.3) is 0 Å². The minimum Gasteiger partial charge on any atom is -0.307 e. The molecule has 134 valence electrons. The standard InChI is InChI=1S/C18H17F2N5O/c1-12-8-22-25(11-14-7-15(19)4-5-16(14)20)18(12)23-17(26)6-3-13-9-21-24(2)10-13/h3-10H,11H2,1-2H3,(H,23,26). The Morgan fingerprint density at radius 2 is 2.08 bits per heavy atom. The second-order valence-corrected chi connectivity index (χ2v) is 5.84. The van der Waals surface area contributed by atoms with E-state index in [2.05, 4.69) is 15.5 Å². The maximum Gasteiger partial charge on any atom is 0.249 e. The van der Waals surface area contributed by atoms with E-state index in [0.29, 0.717) is 11.4 Å². The number of aromatic nitrogens is 4. The lowest BCUT2D eigenvalue weighted by Gasteiger charge is -2.10. The lowest BCUT2D eigenvalue weighted by atomic mass is 10.2. The molecule has 2 aromatic heterocycles. The van der Waals surface area contributed by atoms with Crippen LogP contribution in [0.15, 0.2) is 42.9 Å². The third-order valence-electron chi connectivity index (χ3n) is 3.74. The first-order valence-electron chi connectivity index (χ1n) is 7.86. The molecule has 1 N–H and O–H groups in total. The van der Waals surface area contributed by atoms with Crippen LogP contribution in [-0.4, -0.2) is 25.5 Å². The smallest absolute Gasteiger partial charge is 0.249 e. The fourth-order valence-corrected chi connectivity index (χ4v) is 2.44. The SMILES string of the molecule is Cc1cnn(Cc2cc(F)ccc2F)c1NC(=O)C=Cc1cnn(C)c1. The summed E-state index contributed by atoms with van der Waals surface area (Å²) in [4.78, 5) is 12.2. The fourth-order valence-electron chi connectivity index (χ4n) is 2.44. The fraction of sp³-hybridized carbons (Fsp3) is 0.167. The lowest BCUT2D eigenvalue weighted by molar-refractivity contribution is -0.111. The van der Waals surface area contributed by atoms with Crippen LogP contribution in [0, 0.1) is 18.6 Å². The van der Waals surface area contributed by atoms with Crippen LogP contribution in [0.5, 0.6) is 0 Å². The number of nitrogens with one attached hydrogen (secondary N) is 1. The van der Waals surface area contributed by atoms with Crippen LogP contribution >= 0.6 is 0 Å². The number of carbonyl (C=O) groups is 1. The Balaban J connectivity index is 1.76. The van der Waals surface area contributed by atoms with Crippen LogP contribution in [0.25, 0.3) is 6.08 Å². The van der Waals surface area contributed by atoms with E-state index in [1.165, 1.54) is 10.8 Å². The van der Waals surface area contributed by atoms with Crippen molar-refractivity contribution in [2.45, 2.75) is 13.5 Å². The Bertz CT molecular complexity index is 974. The van der Waals surface area contributed by atoms with E-state index in [4.69, 9.17) is 0 Å². The molecule has 0 fully saturated rings. The van der Waals surface area contributed by atoms with Gasteiger partial charge in [-0.2, -0.15) is 10.2 Å². The number of anilines is 1. The first-order valence-corrected chi connectivity index (χ1v) is 7.86. The molecule has 0 saturated heterocycles. The molecule has 1 aromatic carbocycles. The first kappa shape index (κ1) is 17.5. The molecule has 26 heavy (non-hydrogen) atoms. The third-order valence-corrected chi connectivity index (χ3v) is 3.74. The van der Waals surface area contributed by atoms with Crippen molar-refractivity contribution in [1.29, 1.82) is 0 Å². The van der Waals surface area contributed by atoms with E-state index in [1.807, 2.05) is 0 Å². The van der Waals surface area contributed by atoms with Gasteiger partial charge in [-0.15, -0.1) is 0 Å². The van der Waals surface area contributed by atoms with Gasteiger partial charge in [0.05, 0.1) is 18.9 Å². The summed E-state index contributed by atoms with van der Waals surface area (Å²) in [5.74, 6) is -1.00. The van der Waals surface area contributed by atoms with Crippen LogP contribution in [0.4, 0.5) is 14.6 Å². The number of amides is 1. The molecule has 8 heteroatoms. The van der Waals surface area contributed by atoms with Crippen LogP contribution in [0.1, 0.15) is 16.7 Å². The van der Waals surface area contributed by atoms with Crippen molar-refractivity contribution in [2.75, 3.05) is 5.32 Å². The zero-order chi connectivity index (χ0) is 18.7. The van der Waals surface area contributed by atoms with Crippen molar-refractivity contribution in [3.05, 3.63) is 71.2 Å². The largest absolute Gasteiger partial charge is 0.307 e. The second kappa shape index (κ2) is 7.30. The monoisotopic (exact) mass is 357 g/mol. The average Bonchev–Trinajstić information content (AvgIpc) is 3.16. The summed E-state index contributed by atoms with van der Waals surface area (Å²) < 4.78 is 30.2. The van der Waals surface area contributed by atoms with Gasteiger partial charge in [0.2, 0.25) is 5.91 Å². The molecule has 0 unspecified atom stereocenters. The predicted molar refractivity (Wildman–Crippen MR) is 93.3 cm³/mol. The summed E-state index contributed by atoms with van der Waals surface area (Å²) in [7, 11) is 1.78. The van der Waals surface area contributed by atoms with Crippen LogP contribution < -0.4 is 5.32 Å². The van der Waals surface area contributed by atoms with Gasteiger partial charge in [-0.1, -0.05) is 0 Å². The minimum atomic E-state index is -0.534. The highest BCUT2D eigenvalue weighted by Gasteiger charge is 2.12. The number of nitrogens with zero attached hydrogens (tertiary/aromatic N) is 4. The maximum absolute atomic E-state index is 13.9. The number of aryl methyl sites for hydroxylation is 2. The topological polar surface area (TPSA) is 64.7 Å². The molecule has 0 radical (unpaired) electrons. The number of rotatable bonds is 5. The number of hydrogen-bond acceptors (Lipinski definition) is 3. The summed E-state index contributed by atoms with van der Waals surface area (Å²) in [6.45, 7) is 1.77. The van der Waals surface area contributed by atoms with Crippen LogP contribution in [0.2, 0.25) is 0 Å². The number of hydrogen-bond donors (Lipinski definition) is 1. The quantitative estimate of drug-likeness (QED) is 0.714. The van der Waals surface area contributed by atoms with E-state index in [-0.39, 0.29) is 18.0 Å². The van der Waals surface area contributed by atoms with Gasteiger partial charge >= 0.3 is 0 Å². The van der Waals surface area contributed by atoms with Gasteiger partial charge in [-0.05, 0) is 31.2 Å². The maximum atomic E-state index is 13.9. The summed E-state index contributed by atoms with van der Waals surface area (Å²) in [6, 6.07) is 3.23. The Morgan fingerprint density at radius 3 is 2.81 bits per heavy atom. The van der Waals surface area contributed by atoms with Gasteiger partial charge in [-0.3, -0.25) is 9.48 Å². The number of halogens is 2. The molecule has 1 amide bonds. The molecular formula is C18H17F2N5O. The molecule has 0 bridgehead atoms. The van der Waals surface area contributed by atoms with E-state index < -0.39 is 11.6 Å². The molecule has 0 atom stereocenters. The van der Waals surface area contributed by atoms with Gasteiger partial charge in [-0.25, -0.2) is 13.5 Å². The Labute approximate surface area is 148 Å².